The summed E-state index contributed by atoms with van der Waals surface area (Å²) in [5.74, 6) is -5.67. The highest BCUT2D eigenvalue weighted by atomic mass is 19.2. The lowest BCUT2D eigenvalue weighted by molar-refractivity contribution is 0.458. The van der Waals surface area contributed by atoms with Crippen LogP contribution in [0.25, 0.3) is 0 Å². The summed E-state index contributed by atoms with van der Waals surface area (Å²) in [5, 5.41) is 2.29. The van der Waals surface area contributed by atoms with Gasteiger partial charge in [0.2, 0.25) is 0 Å². The van der Waals surface area contributed by atoms with Crippen LogP contribution in [0.3, 0.4) is 0 Å². The van der Waals surface area contributed by atoms with E-state index in [1.54, 1.807) is 19.9 Å². The summed E-state index contributed by atoms with van der Waals surface area (Å²) < 4.78 is 51.7. The summed E-state index contributed by atoms with van der Waals surface area (Å²) in [6, 6.07) is 0.177. The highest BCUT2D eigenvalue weighted by Gasteiger charge is 2.18. The predicted octanol–water partition coefficient (Wildman–Crippen LogP) is 3.62. The number of benzene rings is 1. The third-order valence-electron chi connectivity index (χ3n) is 1.90. The molecule has 88 valence electrons. The fourth-order valence-electron chi connectivity index (χ4n) is 1.09. The van der Waals surface area contributed by atoms with Gasteiger partial charge in [0.1, 0.15) is 5.69 Å². The SMILES string of the molecule is CC(C)=CCNc1c(F)c(F)cc(F)c1F. The van der Waals surface area contributed by atoms with Crippen LogP contribution in [-0.4, -0.2) is 6.54 Å². The van der Waals surface area contributed by atoms with Crippen molar-refractivity contribution in [2.45, 2.75) is 13.8 Å². The second-order valence-corrected chi connectivity index (χ2v) is 3.51. The fraction of sp³-hybridized carbons (Fsp3) is 0.273. The third kappa shape index (κ3) is 2.74. The molecule has 0 unspecified atom stereocenters. The minimum Gasteiger partial charge on any atom is -0.377 e. The summed E-state index contributed by atoms with van der Waals surface area (Å²) in [6.07, 6.45) is 1.64. The summed E-state index contributed by atoms with van der Waals surface area (Å²) in [4.78, 5) is 0. The molecule has 0 heterocycles. The van der Waals surface area contributed by atoms with Gasteiger partial charge >= 0.3 is 0 Å². The molecule has 0 bridgehead atoms. The van der Waals surface area contributed by atoms with Crippen molar-refractivity contribution in [3.05, 3.63) is 41.0 Å². The smallest absolute Gasteiger partial charge is 0.185 e. The van der Waals surface area contributed by atoms with Gasteiger partial charge in [-0.15, -0.1) is 0 Å². The first kappa shape index (κ1) is 12.5. The van der Waals surface area contributed by atoms with Gasteiger partial charge in [0.05, 0.1) is 0 Å². The lowest BCUT2D eigenvalue weighted by atomic mass is 10.2. The zero-order valence-electron chi connectivity index (χ0n) is 8.87. The van der Waals surface area contributed by atoms with Crippen molar-refractivity contribution in [2.75, 3.05) is 11.9 Å². The van der Waals surface area contributed by atoms with Crippen molar-refractivity contribution >= 4 is 5.69 Å². The summed E-state index contributed by atoms with van der Waals surface area (Å²) in [6.45, 7) is 3.68. The van der Waals surface area contributed by atoms with Crippen molar-refractivity contribution in [1.82, 2.24) is 0 Å². The molecule has 0 atom stereocenters. The molecule has 0 amide bonds. The van der Waals surface area contributed by atoms with E-state index in [1.165, 1.54) is 0 Å². The number of nitrogens with one attached hydrogen (secondary N) is 1. The highest BCUT2D eigenvalue weighted by Crippen LogP contribution is 2.23. The van der Waals surface area contributed by atoms with Gasteiger partial charge in [0.15, 0.2) is 23.3 Å². The fourth-order valence-corrected chi connectivity index (χ4v) is 1.09. The second-order valence-electron chi connectivity index (χ2n) is 3.51. The number of anilines is 1. The van der Waals surface area contributed by atoms with Gasteiger partial charge in [0, 0.05) is 12.6 Å². The molecule has 16 heavy (non-hydrogen) atoms. The molecular weight excluding hydrogens is 222 g/mol. The Morgan fingerprint density at radius 2 is 1.62 bits per heavy atom. The molecule has 0 aromatic heterocycles. The summed E-state index contributed by atoms with van der Waals surface area (Å²) >= 11 is 0. The first-order chi connectivity index (χ1) is 7.43. The van der Waals surface area contributed by atoms with Crippen molar-refractivity contribution in [3.8, 4) is 0 Å². The number of hydrogen-bond acceptors (Lipinski definition) is 1. The Balaban J connectivity index is 2.99. The molecule has 1 N–H and O–H groups in total. The quantitative estimate of drug-likeness (QED) is 0.477. The average Bonchev–Trinajstić information content (AvgIpc) is 2.20. The van der Waals surface area contributed by atoms with E-state index in [1.807, 2.05) is 0 Å². The monoisotopic (exact) mass is 233 g/mol. The maximum atomic E-state index is 13.1. The zero-order chi connectivity index (χ0) is 12.3. The maximum absolute atomic E-state index is 13.1. The molecule has 1 nitrogen and oxygen atoms in total. The predicted molar refractivity (Wildman–Crippen MR) is 54.2 cm³/mol. The Hall–Kier alpha value is -1.52. The van der Waals surface area contributed by atoms with Gasteiger partial charge in [-0.1, -0.05) is 11.6 Å². The molecule has 0 aliphatic carbocycles. The summed E-state index contributed by atoms with van der Waals surface area (Å²) in [5.41, 5.74) is 0.139. The molecule has 0 aliphatic rings. The lowest BCUT2D eigenvalue weighted by Gasteiger charge is -2.08. The molecule has 0 saturated carbocycles. The van der Waals surface area contributed by atoms with Gasteiger partial charge in [-0.3, -0.25) is 0 Å². The molecule has 1 rings (SSSR count). The van der Waals surface area contributed by atoms with Gasteiger partial charge in [0.25, 0.3) is 0 Å². The minimum absolute atomic E-state index is 0.0963. The number of hydrogen-bond donors (Lipinski definition) is 1. The van der Waals surface area contributed by atoms with Crippen LogP contribution in [0.5, 0.6) is 0 Å². The lowest BCUT2D eigenvalue weighted by Crippen LogP contribution is -2.07. The van der Waals surface area contributed by atoms with E-state index in [9.17, 15) is 17.6 Å². The Morgan fingerprint density at radius 1 is 1.12 bits per heavy atom. The van der Waals surface area contributed by atoms with Crippen molar-refractivity contribution < 1.29 is 17.6 Å². The van der Waals surface area contributed by atoms with Crippen molar-refractivity contribution in [1.29, 1.82) is 0 Å². The van der Waals surface area contributed by atoms with E-state index < -0.39 is 29.0 Å². The largest absolute Gasteiger partial charge is 0.377 e. The molecule has 5 heteroatoms. The molecule has 0 spiro atoms. The third-order valence-corrected chi connectivity index (χ3v) is 1.90. The Morgan fingerprint density at radius 3 is 2.06 bits per heavy atom. The number of allylic oxidation sites excluding steroid dienone is 1. The topological polar surface area (TPSA) is 12.0 Å². The van der Waals surface area contributed by atoms with E-state index in [0.717, 1.165) is 5.57 Å². The van der Waals surface area contributed by atoms with E-state index in [2.05, 4.69) is 5.32 Å². The second kappa shape index (κ2) is 5.01. The van der Waals surface area contributed by atoms with Crippen LogP contribution in [0.15, 0.2) is 17.7 Å². The van der Waals surface area contributed by atoms with Gasteiger partial charge in [-0.2, -0.15) is 0 Å². The van der Waals surface area contributed by atoms with Crippen molar-refractivity contribution in [2.24, 2.45) is 0 Å². The van der Waals surface area contributed by atoms with E-state index in [-0.39, 0.29) is 12.6 Å². The van der Waals surface area contributed by atoms with Crippen LogP contribution in [-0.2, 0) is 0 Å². The Labute approximate surface area is 90.8 Å². The van der Waals surface area contributed by atoms with E-state index in [0.29, 0.717) is 0 Å². The number of rotatable bonds is 3. The van der Waals surface area contributed by atoms with Gasteiger partial charge < -0.3 is 5.32 Å². The first-order valence-electron chi connectivity index (χ1n) is 4.63. The van der Waals surface area contributed by atoms with E-state index in [4.69, 9.17) is 0 Å². The standard InChI is InChI=1S/C11H11F4N/c1-6(2)3-4-16-11-9(14)7(12)5-8(13)10(11)15/h3,5,16H,4H2,1-2H3. The average molecular weight is 233 g/mol. The molecule has 0 radical (unpaired) electrons. The molecule has 0 aliphatic heterocycles. The molecule has 1 aromatic carbocycles. The van der Waals surface area contributed by atoms with Crippen LogP contribution in [0.2, 0.25) is 0 Å². The first-order valence-corrected chi connectivity index (χ1v) is 4.63. The van der Waals surface area contributed by atoms with E-state index >= 15 is 0 Å². The Bertz CT molecular complexity index is 396. The van der Waals surface area contributed by atoms with Crippen LogP contribution in [0, 0.1) is 23.3 Å². The molecule has 1 aromatic rings. The van der Waals surface area contributed by atoms with Crippen LogP contribution in [0.4, 0.5) is 23.2 Å². The molecule has 0 fully saturated rings. The van der Waals surface area contributed by atoms with Gasteiger partial charge in [-0.05, 0) is 13.8 Å². The molecule has 0 saturated heterocycles. The minimum atomic E-state index is -1.42. The summed E-state index contributed by atoms with van der Waals surface area (Å²) in [7, 11) is 0. The number of halogens is 4. The normalized spacial score (nSPS) is 10.1. The van der Waals surface area contributed by atoms with Crippen molar-refractivity contribution in [3.63, 3.8) is 0 Å². The zero-order valence-corrected chi connectivity index (χ0v) is 8.87. The Kier molecular flexibility index (Phi) is 3.93. The highest BCUT2D eigenvalue weighted by molar-refractivity contribution is 5.47. The molecular formula is C11H11F4N. The van der Waals surface area contributed by atoms with Crippen LogP contribution in [0.1, 0.15) is 13.8 Å². The van der Waals surface area contributed by atoms with Gasteiger partial charge in [-0.25, -0.2) is 17.6 Å². The van der Waals surface area contributed by atoms with Crippen LogP contribution >= 0.6 is 0 Å². The van der Waals surface area contributed by atoms with Crippen LogP contribution < -0.4 is 5.32 Å². The maximum Gasteiger partial charge on any atom is 0.185 e.